The van der Waals surface area contributed by atoms with Gasteiger partial charge < -0.3 is 25.8 Å². The van der Waals surface area contributed by atoms with Gasteiger partial charge in [-0.2, -0.15) is 0 Å². The van der Waals surface area contributed by atoms with Crippen molar-refractivity contribution in [2.45, 2.75) is 47.7 Å². The minimum absolute atomic E-state index is 0. The molecule has 0 spiro atoms. The number of amides is 2. The average Bonchev–Trinajstić information content (AvgIpc) is 3.27. The molecule has 2 aromatic rings. The molecule has 0 radical (unpaired) electrons. The van der Waals surface area contributed by atoms with Crippen molar-refractivity contribution in [1.82, 2.24) is 10.2 Å². The lowest BCUT2D eigenvalue weighted by molar-refractivity contribution is -0.182. The molecule has 2 amide bonds. The van der Waals surface area contributed by atoms with Crippen LogP contribution in [0.2, 0.25) is 0 Å². The van der Waals surface area contributed by atoms with E-state index in [1.165, 1.54) is 16.7 Å². The van der Waals surface area contributed by atoms with Gasteiger partial charge in [-0.05, 0) is 25.5 Å². The summed E-state index contributed by atoms with van der Waals surface area (Å²) in [6, 6.07) is 13.4. The molecule has 2 aromatic carbocycles. The van der Waals surface area contributed by atoms with E-state index in [1.807, 2.05) is 0 Å². The molecule has 3 heterocycles. The molecular weight excluding hydrogens is 494 g/mol. The lowest BCUT2D eigenvalue weighted by atomic mass is 9.74. The Morgan fingerprint density at radius 3 is 2.40 bits per heavy atom. The maximum Gasteiger partial charge on any atom is 0.339 e. The Morgan fingerprint density at radius 1 is 1.11 bits per heavy atom. The van der Waals surface area contributed by atoms with Crippen molar-refractivity contribution in [3.05, 3.63) is 71.3 Å². The summed E-state index contributed by atoms with van der Waals surface area (Å²) in [5, 5.41) is 12.5. The second kappa shape index (κ2) is 8.54. The lowest BCUT2D eigenvalue weighted by Gasteiger charge is -2.51. The first-order valence-electron chi connectivity index (χ1n) is 10.8. The smallest absolute Gasteiger partial charge is 0.339 e. The van der Waals surface area contributed by atoms with Crippen LogP contribution in [0.25, 0.3) is 0 Å². The first-order chi connectivity index (χ1) is 16.1. The number of ether oxygens (including phenoxy) is 1. The highest BCUT2D eigenvalue weighted by Gasteiger charge is 2.77. The van der Waals surface area contributed by atoms with Gasteiger partial charge in [-0.3, -0.25) is 9.59 Å². The number of hydrogen-bond donors (Lipinski definition) is 3. The predicted molar refractivity (Wildman–Crippen MR) is 130 cm³/mol. The molecule has 35 heavy (non-hydrogen) atoms. The van der Waals surface area contributed by atoms with Crippen molar-refractivity contribution < 1.29 is 29.0 Å². The molecule has 184 valence electrons. The van der Waals surface area contributed by atoms with E-state index in [1.54, 1.807) is 68.4 Å². The monoisotopic (exact) mass is 517 g/mol. The standard InChI is InChI=1S/C24H23N3O6S.ClH/c1-23(2)24(22(31)32,17-13-10-6-7-11-14(13)21(30)33-17)27-19(29)16(20(27)34-23)26-18(28)15(25)12-8-4-3-5-9-12;/h3-11,15-17,20H,25H2,1-2H3,(H,26,28)(H,31,32);1H/t15-,16-,17?,20-,24+;/m1./s1. The van der Waals surface area contributed by atoms with Crippen LogP contribution < -0.4 is 11.1 Å². The lowest BCUT2D eigenvalue weighted by Crippen LogP contribution is -2.77. The number of benzene rings is 2. The Morgan fingerprint density at radius 2 is 1.74 bits per heavy atom. The number of carbonyl (C=O) groups is 4. The van der Waals surface area contributed by atoms with Gasteiger partial charge in [0, 0.05) is 5.56 Å². The maximum absolute atomic E-state index is 13.3. The molecule has 3 aliphatic rings. The van der Waals surface area contributed by atoms with E-state index in [0.717, 1.165) is 0 Å². The Kier molecular flexibility index (Phi) is 6.11. The number of esters is 1. The Labute approximate surface area is 211 Å². The Balaban J connectivity index is 0.00000289. The summed E-state index contributed by atoms with van der Waals surface area (Å²) in [6.07, 6.45) is -1.19. The quantitative estimate of drug-likeness (QED) is 0.404. The third-order valence-electron chi connectivity index (χ3n) is 6.89. The summed E-state index contributed by atoms with van der Waals surface area (Å²) < 4.78 is 4.54. The highest BCUT2D eigenvalue weighted by molar-refractivity contribution is 8.01. The van der Waals surface area contributed by atoms with Gasteiger partial charge in [-0.1, -0.05) is 48.5 Å². The fourth-order valence-corrected chi connectivity index (χ4v) is 6.97. The molecule has 11 heteroatoms. The van der Waals surface area contributed by atoms with Crippen LogP contribution in [0, 0.1) is 0 Å². The minimum Gasteiger partial charge on any atom is -0.479 e. The van der Waals surface area contributed by atoms with Crippen LogP contribution in [0.1, 0.15) is 47.5 Å². The number of carboxylic acid groups (broad SMARTS) is 1. The largest absolute Gasteiger partial charge is 0.479 e. The topological polar surface area (TPSA) is 139 Å². The summed E-state index contributed by atoms with van der Waals surface area (Å²) in [7, 11) is 0. The van der Waals surface area contributed by atoms with E-state index in [0.29, 0.717) is 11.1 Å². The van der Waals surface area contributed by atoms with Crippen LogP contribution in [-0.2, 0) is 19.1 Å². The molecule has 5 rings (SSSR count). The second-order valence-corrected chi connectivity index (χ2v) is 10.8. The maximum atomic E-state index is 13.3. The molecule has 0 aliphatic carbocycles. The van der Waals surface area contributed by atoms with Crippen molar-refractivity contribution in [3.8, 4) is 0 Å². The van der Waals surface area contributed by atoms with E-state index in [4.69, 9.17) is 10.5 Å². The van der Waals surface area contributed by atoms with Gasteiger partial charge >= 0.3 is 11.9 Å². The van der Waals surface area contributed by atoms with Crippen LogP contribution >= 0.6 is 24.2 Å². The number of carbonyl (C=O) groups excluding carboxylic acids is 3. The average molecular weight is 518 g/mol. The summed E-state index contributed by atoms with van der Waals surface area (Å²) >= 11 is 1.25. The zero-order valence-corrected chi connectivity index (χ0v) is 20.5. The van der Waals surface area contributed by atoms with E-state index < -0.39 is 57.6 Å². The van der Waals surface area contributed by atoms with E-state index in [2.05, 4.69) is 5.32 Å². The summed E-state index contributed by atoms with van der Waals surface area (Å²) in [5.74, 6) is -2.99. The Hall–Kier alpha value is -3.08. The van der Waals surface area contributed by atoms with E-state index >= 15 is 0 Å². The molecule has 0 bridgehead atoms. The molecule has 5 atom stereocenters. The van der Waals surface area contributed by atoms with E-state index in [9.17, 15) is 24.3 Å². The molecule has 2 saturated heterocycles. The zero-order chi connectivity index (χ0) is 24.4. The number of thioether (sulfide) groups is 1. The van der Waals surface area contributed by atoms with Gasteiger partial charge in [0.15, 0.2) is 11.6 Å². The molecule has 0 saturated carbocycles. The van der Waals surface area contributed by atoms with Crippen molar-refractivity contribution >= 4 is 47.9 Å². The molecular formula is C24H24ClN3O6S. The number of β-lactam (4-membered cyclic amide) rings is 1. The van der Waals surface area contributed by atoms with E-state index in [-0.39, 0.29) is 18.0 Å². The fourth-order valence-electron chi connectivity index (χ4n) is 5.20. The number of nitrogens with two attached hydrogens (primary N) is 1. The number of hydrogen-bond acceptors (Lipinski definition) is 7. The van der Waals surface area contributed by atoms with Gasteiger partial charge in [-0.25, -0.2) is 9.59 Å². The van der Waals surface area contributed by atoms with Gasteiger partial charge in [0.1, 0.15) is 17.5 Å². The Bertz CT molecular complexity index is 1220. The number of cyclic esters (lactones) is 1. The normalized spacial score (nSPS) is 28.7. The number of fused-ring (bicyclic) bond motifs is 2. The summed E-state index contributed by atoms with van der Waals surface area (Å²) in [6.45, 7) is 3.42. The van der Waals surface area contributed by atoms with Crippen molar-refractivity contribution in [3.63, 3.8) is 0 Å². The summed E-state index contributed by atoms with van der Waals surface area (Å²) in [5.41, 5.74) is 5.52. The van der Waals surface area contributed by atoms with Crippen molar-refractivity contribution in [1.29, 1.82) is 0 Å². The van der Waals surface area contributed by atoms with Crippen LogP contribution in [-0.4, -0.2) is 55.5 Å². The van der Waals surface area contributed by atoms with Crippen LogP contribution in [0.15, 0.2) is 54.6 Å². The van der Waals surface area contributed by atoms with Crippen molar-refractivity contribution in [2.75, 3.05) is 0 Å². The molecule has 9 nitrogen and oxygen atoms in total. The van der Waals surface area contributed by atoms with Gasteiger partial charge in [0.25, 0.3) is 0 Å². The molecule has 0 aromatic heterocycles. The molecule has 1 unspecified atom stereocenters. The predicted octanol–water partition coefficient (Wildman–Crippen LogP) is 2.02. The zero-order valence-electron chi connectivity index (χ0n) is 18.8. The number of carboxylic acids is 1. The first-order valence-corrected chi connectivity index (χ1v) is 11.6. The number of halogens is 1. The fraction of sp³-hybridized carbons (Fsp3) is 0.333. The number of rotatable bonds is 5. The SMILES string of the molecule is CC1(C)S[C@@H]2[C@H](NC(=O)[C@H](N)c3ccccc3)C(=O)N2[C@]1(C(=O)O)C1OC(=O)c2ccccc21.Cl. The van der Waals surface area contributed by atoms with Gasteiger partial charge in [0.05, 0.1) is 10.3 Å². The first kappa shape index (κ1) is 25.0. The second-order valence-electron chi connectivity index (χ2n) is 9.05. The summed E-state index contributed by atoms with van der Waals surface area (Å²) in [4.78, 5) is 52.8. The van der Waals surface area contributed by atoms with Crippen LogP contribution in [0.4, 0.5) is 0 Å². The number of aliphatic carboxylic acids is 1. The van der Waals surface area contributed by atoms with Gasteiger partial charge in [-0.15, -0.1) is 24.2 Å². The number of nitrogens with one attached hydrogen (secondary N) is 1. The third kappa shape index (κ3) is 3.35. The molecule has 3 aliphatic heterocycles. The van der Waals surface area contributed by atoms with Crippen LogP contribution in [0.5, 0.6) is 0 Å². The molecule has 2 fully saturated rings. The highest BCUT2D eigenvalue weighted by atomic mass is 35.5. The van der Waals surface area contributed by atoms with Crippen molar-refractivity contribution in [2.24, 2.45) is 5.73 Å². The number of nitrogens with zero attached hydrogens (tertiary/aromatic N) is 1. The third-order valence-corrected chi connectivity index (χ3v) is 8.51. The minimum atomic E-state index is -1.86. The van der Waals surface area contributed by atoms with Crippen LogP contribution in [0.3, 0.4) is 0 Å². The molecule has 4 N–H and O–H groups in total. The highest BCUT2D eigenvalue weighted by Crippen LogP contribution is 2.62. The van der Waals surface area contributed by atoms with Gasteiger partial charge in [0.2, 0.25) is 11.8 Å².